The van der Waals surface area contributed by atoms with Crippen LogP contribution in [-0.2, 0) is 11.3 Å². The minimum Gasteiger partial charge on any atom is -0.496 e. The summed E-state index contributed by atoms with van der Waals surface area (Å²) in [6.07, 6.45) is 3.80. The summed E-state index contributed by atoms with van der Waals surface area (Å²) in [5, 5.41) is 2.95. The highest BCUT2D eigenvalue weighted by Crippen LogP contribution is 2.27. The van der Waals surface area contributed by atoms with Crippen LogP contribution in [0.2, 0.25) is 0 Å². The number of nitrogens with two attached hydrogens (primary N) is 1. The fourth-order valence-electron chi connectivity index (χ4n) is 2.65. The molecule has 2 rings (SSSR count). The first kappa shape index (κ1) is 15.3. The maximum atomic E-state index is 11.9. The van der Waals surface area contributed by atoms with Gasteiger partial charge in [0, 0.05) is 19.0 Å². The van der Waals surface area contributed by atoms with Crippen LogP contribution >= 0.6 is 15.9 Å². The molecule has 3 N–H and O–H groups in total. The molecule has 0 heterocycles. The number of ether oxygens (including phenoxy) is 1. The fraction of sp³-hybridized carbons (Fsp3) is 0.533. The Balaban J connectivity index is 1.82. The molecular weight excluding hydrogens is 320 g/mol. The number of hydrogen-bond acceptors (Lipinski definition) is 3. The lowest BCUT2D eigenvalue weighted by molar-refractivity contribution is -0.122. The minimum absolute atomic E-state index is 0.0827. The van der Waals surface area contributed by atoms with Crippen LogP contribution in [0.25, 0.3) is 0 Å². The van der Waals surface area contributed by atoms with E-state index in [-0.39, 0.29) is 11.9 Å². The van der Waals surface area contributed by atoms with E-state index in [0.717, 1.165) is 35.0 Å². The third-order valence-electron chi connectivity index (χ3n) is 3.87. The maximum Gasteiger partial charge on any atom is 0.220 e. The summed E-state index contributed by atoms with van der Waals surface area (Å²) >= 11 is 3.44. The molecule has 1 saturated carbocycles. The molecule has 110 valence electrons. The molecule has 2 atom stereocenters. The molecule has 0 radical (unpaired) electrons. The van der Waals surface area contributed by atoms with Crippen molar-refractivity contribution in [1.29, 1.82) is 0 Å². The molecule has 1 fully saturated rings. The zero-order valence-corrected chi connectivity index (χ0v) is 13.3. The van der Waals surface area contributed by atoms with E-state index in [0.29, 0.717) is 18.9 Å². The van der Waals surface area contributed by atoms with Gasteiger partial charge in [-0.3, -0.25) is 4.79 Å². The summed E-state index contributed by atoms with van der Waals surface area (Å²) < 4.78 is 6.07. The Morgan fingerprint density at radius 2 is 2.30 bits per heavy atom. The molecule has 1 amide bonds. The maximum absolute atomic E-state index is 11.9. The lowest BCUT2D eigenvalue weighted by atomic mass is 10.00. The molecule has 0 aliphatic heterocycles. The summed E-state index contributed by atoms with van der Waals surface area (Å²) in [6, 6.07) is 5.99. The Labute approximate surface area is 128 Å². The second kappa shape index (κ2) is 7.09. The van der Waals surface area contributed by atoms with Crippen molar-refractivity contribution < 1.29 is 9.53 Å². The Kier molecular flexibility index (Phi) is 5.43. The van der Waals surface area contributed by atoms with Crippen LogP contribution in [0.3, 0.4) is 0 Å². The lowest BCUT2D eigenvalue weighted by Crippen LogP contribution is -2.31. The molecule has 4 nitrogen and oxygen atoms in total. The molecule has 0 unspecified atom stereocenters. The zero-order valence-electron chi connectivity index (χ0n) is 11.7. The molecule has 20 heavy (non-hydrogen) atoms. The van der Waals surface area contributed by atoms with Gasteiger partial charge in [-0.05, 0) is 52.4 Å². The van der Waals surface area contributed by atoms with Crippen molar-refractivity contribution in [2.75, 3.05) is 7.11 Å². The highest BCUT2D eigenvalue weighted by atomic mass is 79.9. The summed E-state index contributed by atoms with van der Waals surface area (Å²) in [5.74, 6) is 1.22. The molecule has 0 aromatic heterocycles. The van der Waals surface area contributed by atoms with E-state index in [4.69, 9.17) is 10.5 Å². The quantitative estimate of drug-likeness (QED) is 0.865. The van der Waals surface area contributed by atoms with Gasteiger partial charge >= 0.3 is 0 Å². The predicted octanol–water partition coefficient (Wildman–Crippen LogP) is 2.59. The van der Waals surface area contributed by atoms with Gasteiger partial charge in [-0.2, -0.15) is 0 Å². The number of amides is 1. The molecule has 0 saturated heterocycles. The number of carbonyl (C=O) groups excluding carboxylic acids is 1. The van der Waals surface area contributed by atoms with Gasteiger partial charge in [0.15, 0.2) is 0 Å². The van der Waals surface area contributed by atoms with Crippen molar-refractivity contribution in [1.82, 2.24) is 5.32 Å². The van der Waals surface area contributed by atoms with Crippen molar-refractivity contribution in [2.45, 2.75) is 38.3 Å². The summed E-state index contributed by atoms with van der Waals surface area (Å²) in [7, 11) is 1.63. The second-order valence-corrected chi connectivity index (χ2v) is 6.16. The van der Waals surface area contributed by atoms with Gasteiger partial charge in [0.25, 0.3) is 0 Å². The Hall–Kier alpha value is -1.07. The van der Waals surface area contributed by atoms with Crippen LogP contribution in [0.5, 0.6) is 5.75 Å². The van der Waals surface area contributed by atoms with E-state index in [1.54, 1.807) is 7.11 Å². The zero-order chi connectivity index (χ0) is 14.5. The SMILES string of the molecule is COc1ccc(CNC(=O)C[C@@H]2CCC[C@H]2N)cc1Br. The predicted molar refractivity (Wildman–Crippen MR) is 82.5 cm³/mol. The van der Waals surface area contributed by atoms with Crippen LogP contribution in [0, 0.1) is 5.92 Å². The molecule has 1 aromatic carbocycles. The smallest absolute Gasteiger partial charge is 0.220 e. The van der Waals surface area contributed by atoms with Gasteiger partial charge in [-0.15, -0.1) is 0 Å². The Morgan fingerprint density at radius 1 is 1.50 bits per heavy atom. The number of halogens is 1. The van der Waals surface area contributed by atoms with Crippen LogP contribution < -0.4 is 15.8 Å². The van der Waals surface area contributed by atoms with E-state index in [9.17, 15) is 4.79 Å². The van der Waals surface area contributed by atoms with Crippen LogP contribution in [-0.4, -0.2) is 19.1 Å². The van der Waals surface area contributed by atoms with Gasteiger partial charge in [0.1, 0.15) is 5.75 Å². The number of carbonyl (C=O) groups is 1. The van der Waals surface area contributed by atoms with Gasteiger partial charge in [0.05, 0.1) is 11.6 Å². The minimum atomic E-state index is 0.0827. The number of hydrogen-bond donors (Lipinski definition) is 2. The van der Waals surface area contributed by atoms with Crippen LogP contribution in [0.4, 0.5) is 0 Å². The molecular formula is C15H21BrN2O2. The van der Waals surface area contributed by atoms with Gasteiger partial charge in [-0.1, -0.05) is 12.5 Å². The first-order chi connectivity index (χ1) is 9.60. The van der Waals surface area contributed by atoms with Crippen molar-refractivity contribution in [3.63, 3.8) is 0 Å². The first-order valence-corrected chi connectivity index (χ1v) is 7.74. The van der Waals surface area contributed by atoms with Gasteiger partial charge < -0.3 is 15.8 Å². The third kappa shape index (κ3) is 3.96. The normalized spacial score (nSPS) is 21.8. The first-order valence-electron chi connectivity index (χ1n) is 6.95. The summed E-state index contributed by atoms with van der Waals surface area (Å²) in [6.45, 7) is 0.531. The largest absolute Gasteiger partial charge is 0.496 e. The monoisotopic (exact) mass is 340 g/mol. The summed E-state index contributed by atoms with van der Waals surface area (Å²) in [5.41, 5.74) is 7.03. The number of rotatable bonds is 5. The highest BCUT2D eigenvalue weighted by molar-refractivity contribution is 9.10. The number of methoxy groups -OCH3 is 1. The Morgan fingerprint density at radius 3 is 2.90 bits per heavy atom. The molecule has 0 spiro atoms. The van der Waals surface area contributed by atoms with Gasteiger partial charge in [-0.25, -0.2) is 0 Å². The summed E-state index contributed by atoms with van der Waals surface area (Å²) in [4.78, 5) is 11.9. The second-order valence-electron chi connectivity index (χ2n) is 5.30. The van der Waals surface area contributed by atoms with E-state index >= 15 is 0 Å². The van der Waals surface area contributed by atoms with E-state index in [1.165, 1.54) is 0 Å². The molecule has 1 aliphatic rings. The van der Waals surface area contributed by atoms with Crippen molar-refractivity contribution in [2.24, 2.45) is 11.7 Å². The highest BCUT2D eigenvalue weighted by Gasteiger charge is 2.25. The average molecular weight is 341 g/mol. The van der Waals surface area contributed by atoms with E-state index < -0.39 is 0 Å². The Bertz CT molecular complexity index is 479. The molecule has 1 aliphatic carbocycles. The van der Waals surface area contributed by atoms with Crippen LogP contribution in [0.15, 0.2) is 22.7 Å². The number of benzene rings is 1. The van der Waals surface area contributed by atoms with E-state index in [1.807, 2.05) is 18.2 Å². The standard InChI is InChI=1S/C15H21BrN2O2/c1-20-14-6-5-10(7-12(14)16)9-18-15(19)8-11-3-2-4-13(11)17/h5-7,11,13H,2-4,8-9,17H2,1H3,(H,18,19)/t11-,13+/m0/s1. The van der Waals surface area contributed by atoms with Crippen molar-refractivity contribution in [3.8, 4) is 5.75 Å². The lowest BCUT2D eigenvalue weighted by Gasteiger charge is -2.15. The van der Waals surface area contributed by atoms with Crippen molar-refractivity contribution in [3.05, 3.63) is 28.2 Å². The average Bonchev–Trinajstić information content (AvgIpc) is 2.82. The molecule has 1 aromatic rings. The fourth-order valence-corrected chi connectivity index (χ4v) is 3.24. The van der Waals surface area contributed by atoms with E-state index in [2.05, 4.69) is 21.2 Å². The topological polar surface area (TPSA) is 64.3 Å². The van der Waals surface area contributed by atoms with Crippen molar-refractivity contribution >= 4 is 21.8 Å². The third-order valence-corrected chi connectivity index (χ3v) is 4.49. The van der Waals surface area contributed by atoms with Gasteiger partial charge in [0.2, 0.25) is 5.91 Å². The molecule has 5 heteroatoms. The molecule has 0 bridgehead atoms. The van der Waals surface area contributed by atoms with Crippen LogP contribution in [0.1, 0.15) is 31.2 Å². The number of nitrogens with one attached hydrogen (secondary N) is 1.